The summed E-state index contributed by atoms with van der Waals surface area (Å²) in [5.41, 5.74) is 4.10. The standard InChI is InChI=1S/C27H31N3O3S/c1-18-13-19(2)15-22(14-18)30-26(32)24(16-20-9-11-23(33-3)12-10-20)29-27(30)34-17-25(31)28-21-7-5-4-6-8-21/h9-16,21H,4-8,17H2,1-3H3,(H,28,31). The van der Waals surface area contributed by atoms with E-state index in [1.807, 2.05) is 50.2 Å². The molecular formula is C27H31N3O3S. The van der Waals surface area contributed by atoms with Crippen LogP contribution in [-0.2, 0) is 9.59 Å². The van der Waals surface area contributed by atoms with Gasteiger partial charge < -0.3 is 10.1 Å². The molecule has 34 heavy (non-hydrogen) atoms. The number of anilines is 1. The zero-order valence-corrected chi connectivity index (χ0v) is 20.8. The Morgan fingerprint density at radius 3 is 2.44 bits per heavy atom. The van der Waals surface area contributed by atoms with Crippen molar-refractivity contribution < 1.29 is 14.3 Å². The highest BCUT2D eigenvalue weighted by Crippen LogP contribution is 2.31. The molecule has 1 saturated carbocycles. The Hall–Kier alpha value is -3.06. The van der Waals surface area contributed by atoms with E-state index in [0.717, 1.165) is 41.0 Å². The van der Waals surface area contributed by atoms with Crippen LogP contribution in [0.1, 0.15) is 48.8 Å². The van der Waals surface area contributed by atoms with Crippen molar-refractivity contribution in [3.63, 3.8) is 0 Å². The van der Waals surface area contributed by atoms with Gasteiger partial charge in [0, 0.05) is 6.04 Å². The van der Waals surface area contributed by atoms with Gasteiger partial charge in [-0.15, -0.1) is 0 Å². The van der Waals surface area contributed by atoms with Crippen LogP contribution in [0.25, 0.3) is 6.08 Å². The van der Waals surface area contributed by atoms with E-state index < -0.39 is 0 Å². The molecule has 0 bridgehead atoms. The zero-order chi connectivity index (χ0) is 24.1. The first kappa shape index (κ1) is 24.1. The number of rotatable bonds is 6. The van der Waals surface area contributed by atoms with E-state index in [0.29, 0.717) is 10.9 Å². The van der Waals surface area contributed by atoms with Crippen LogP contribution in [0.2, 0.25) is 0 Å². The van der Waals surface area contributed by atoms with Gasteiger partial charge in [-0.25, -0.2) is 4.99 Å². The lowest BCUT2D eigenvalue weighted by Gasteiger charge is -2.23. The lowest BCUT2D eigenvalue weighted by Crippen LogP contribution is -2.38. The molecule has 0 spiro atoms. The molecule has 0 aromatic heterocycles. The average molecular weight is 478 g/mol. The fourth-order valence-corrected chi connectivity index (χ4v) is 5.23. The lowest BCUT2D eigenvalue weighted by molar-refractivity contribution is -0.119. The number of ether oxygens (including phenoxy) is 1. The third kappa shape index (κ3) is 5.89. The fourth-order valence-electron chi connectivity index (χ4n) is 4.40. The largest absolute Gasteiger partial charge is 0.497 e. The van der Waals surface area contributed by atoms with Crippen LogP contribution in [0.3, 0.4) is 0 Å². The molecule has 178 valence electrons. The van der Waals surface area contributed by atoms with Crippen LogP contribution in [0.5, 0.6) is 5.75 Å². The number of carbonyl (C=O) groups is 2. The number of amides is 2. The van der Waals surface area contributed by atoms with Crippen molar-refractivity contribution in [3.8, 4) is 5.75 Å². The molecule has 2 aromatic rings. The minimum absolute atomic E-state index is 0.0139. The van der Waals surface area contributed by atoms with Crippen LogP contribution in [0.4, 0.5) is 5.69 Å². The predicted molar refractivity (Wildman–Crippen MR) is 139 cm³/mol. The van der Waals surface area contributed by atoms with Gasteiger partial charge in [0.1, 0.15) is 11.4 Å². The predicted octanol–water partition coefficient (Wildman–Crippen LogP) is 5.24. The number of nitrogens with zero attached hydrogens (tertiary/aromatic N) is 2. The van der Waals surface area contributed by atoms with E-state index in [1.54, 1.807) is 18.1 Å². The Balaban J connectivity index is 1.56. The quantitative estimate of drug-likeness (QED) is 0.578. The van der Waals surface area contributed by atoms with Crippen molar-refractivity contribution in [1.29, 1.82) is 0 Å². The van der Waals surface area contributed by atoms with E-state index >= 15 is 0 Å². The summed E-state index contributed by atoms with van der Waals surface area (Å²) in [4.78, 5) is 32.3. The number of aryl methyl sites for hydroxylation is 2. The van der Waals surface area contributed by atoms with Crippen molar-refractivity contribution >= 4 is 40.5 Å². The number of hydrogen-bond acceptors (Lipinski definition) is 5. The Morgan fingerprint density at radius 1 is 1.12 bits per heavy atom. The third-order valence-corrected chi connectivity index (χ3v) is 6.95. The molecular weight excluding hydrogens is 446 g/mol. The van der Waals surface area contributed by atoms with E-state index in [9.17, 15) is 9.59 Å². The Bertz CT molecular complexity index is 1100. The molecule has 2 aliphatic rings. The zero-order valence-electron chi connectivity index (χ0n) is 20.0. The number of hydrogen-bond donors (Lipinski definition) is 1. The summed E-state index contributed by atoms with van der Waals surface area (Å²) < 4.78 is 5.22. The van der Waals surface area contributed by atoms with Crippen molar-refractivity contribution in [1.82, 2.24) is 5.32 Å². The minimum atomic E-state index is -0.198. The number of thioether (sulfide) groups is 1. The van der Waals surface area contributed by atoms with Crippen LogP contribution in [0, 0.1) is 13.8 Å². The summed E-state index contributed by atoms with van der Waals surface area (Å²) in [7, 11) is 1.62. The third-order valence-electron chi connectivity index (χ3n) is 6.02. The maximum absolute atomic E-state index is 13.4. The van der Waals surface area contributed by atoms with Gasteiger partial charge in [-0.1, -0.05) is 49.2 Å². The summed E-state index contributed by atoms with van der Waals surface area (Å²) in [6.07, 6.45) is 7.43. The number of aliphatic imine (C=N–C) groups is 1. The molecule has 1 fully saturated rings. The van der Waals surface area contributed by atoms with Crippen molar-refractivity contribution in [2.45, 2.75) is 52.0 Å². The fraction of sp³-hybridized carbons (Fsp3) is 0.370. The second-order valence-electron chi connectivity index (χ2n) is 8.87. The molecule has 0 unspecified atom stereocenters. The molecule has 0 atom stereocenters. The second-order valence-corrected chi connectivity index (χ2v) is 9.82. The SMILES string of the molecule is COc1ccc(C=C2N=C(SCC(=O)NC3CCCCC3)N(c3cc(C)cc(C)c3)C2=O)cc1. The van der Waals surface area contributed by atoms with Crippen LogP contribution < -0.4 is 15.0 Å². The molecule has 1 aliphatic carbocycles. The van der Waals surface area contributed by atoms with Gasteiger partial charge >= 0.3 is 0 Å². The summed E-state index contributed by atoms with van der Waals surface area (Å²) >= 11 is 1.30. The maximum Gasteiger partial charge on any atom is 0.283 e. The lowest BCUT2D eigenvalue weighted by atomic mass is 9.95. The molecule has 1 heterocycles. The van der Waals surface area contributed by atoms with E-state index in [4.69, 9.17) is 4.74 Å². The van der Waals surface area contributed by atoms with Crippen molar-refractivity contribution in [2.24, 2.45) is 4.99 Å². The Labute approximate surface area is 205 Å². The number of carbonyl (C=O) groups excluding carboxylic acids is 2. The normalized spacial score (nSPS) is 17.7. The molecule has 1 aliphatic heterocycles. The molecule has 4 rings (SSSR count). The number of benzene rings is 2. The monoisotopic (exact) mass is 477 g/mol. The Kier molecular flexibility index (Phi) is 7.73. The van der Waals surface area contributed by atoms with Crippen LogP contribution >= 0.6 is 11.8 Å². The summed E-state index contributed by atoms with van der Waals surface area (Å²) in [5, 5.41) is 3.67. The molecule has 1 N–H and O–H groups in total. The summed E-state index contributed by atoms with van der Waals surface area (Å²) in [6.45, 7) is 4.01. The number of nitrogens with one attached hydrogen (secondary N) is 1. The van der Waals surface area contributed by atoms with Gasteiger partial charge in [0.05, 0.1) is 18.6 Å². The molecule has 7 heteroatoms. The molecule has 6 nitrogen and oxygen atoms in total. The second kappa shape index (κ2) is 10.9. The molecule has 0 radical (unpaired) electrons. The van der Waals surface area contributed by atoms with Gasteiger partial charge in [-0.2, -0.15) is 0 Å². The smallest absolute Gasteiger partial charge is 0.283 e. The Morgan fingerprint density at radius 2 is 1.79 bits per heavy atom. The van der Waals surface area contributed by atoms with Crippen molar-refractivity contribution in [3.05, 3.63) is 64.9 Å². The number of amidine groups is 1. The average Bonchev–Trinajstić information content (AvgIpc) is 3.13. The first-order chi connectivity index (χ1) is 16.4. The van der Waals surface area contributed by atoms with E-state index in [2.05, 4.69) is 16.4 Å². The maximum atomic E-state index is 13.4. The molecule has 2 amide bonds. The van der Waals surface area contributed by atoms with Gasteiger partial charge in [0.25, 0.3) is 5.91 Å². The van der Waals surface area contributed by atoms with Gasteiger partial charge in [-0.05, 0) is 73.7 Å². The van der Waals surface area contributed by atoms with Gasteiger partial charge in [0.15, 0.2) is 5.17 Å². The highest BCUT2D eigenvalue weighted by Gasteiger charge is 2.32. The van der Waals surface area contributed by atoms with Gasteiger partial charge in [0.2, 0.25) is 5.91 Å². The van der Waals surface area contributed by atoms with Crippen LogP contribution in [-0.4, -0.2) is 35.9 Å². The molecule has 0 saturated heterocycles. The first-order valence-electron chi connectivity index (χ1n) is 11.7. The highest BCUT2D eigenvalue weighted by atomic mass is 32.2. The van der Waals surface area contributed by atoms with E-state index in [1.165, 1.54) is 31.0 Å². The first-order valence-corrected chi connectivity index (χ1v) is 12.7. The van der Waals surface area contributed by atoms with E-state index in [-0.39, 0.29) is 23.6 Å². The summed E-state index contributed by atoms with van der Waals surface area (Å²) in [5.74, 6) is 0.760. The number of methoxy groups -OCH3 is 1. The van der Waals surface area contributed by atoms with Crippen molar-refractivity contribution in [2.75, 3.05) is 17.8 Å². The summed E-state index contributed by atoms with van der Waals surface area (Å²) in [6, 6.07) is 13.7. The topological polar surface area (TPSA) is 71.0 Å². The highest BCUT2D eigenvalue weighted by molar-refractivity contribution is 8.14. The minimum Gasteiger partial charge on any atom is -0.497 e. The van der Waals surface area contributed by atoms with Crippen LogP contribution in [0.15, 0.2) is 53.2 Å². The van der Waals surface area contributed by atoms with Gasteiger partial charge in [-0.3, -0.25) is 14.5 Å². The molecule has 2 aromatic carbocycles.